The van der Waals surface area contributed by atoms with Gasteiger partial charge in [-0.05, 0) is 6.92 Å². The van der Waals surface area contributed by atoms with Crippen molar-refractivity contribution in [1.82, 2.24) is 0 Å². The molecule has 0 radical (unpaired) electrons. The molecule has 0 aromatic carbocycles. The Labute approximate surface area is 137 Å². The molecule has 1 rings (SSSR count). The summed E-state index contributed by atoms with van der Waals surface area (Å²) in [5.41, 5.74) is 4.48. The second kappa shape index (κ2) is 8.16. The highest BCUT2D eigenvalue weighted by Crippen LogP contribution is 2.33. The highest BCUT2D eigenvalue weighted by molar-refractivity contribution is 8.14. The van der Waals surface area contributed by atoms with E-state index >= 15 is 0 Å². The third kappa shape index (κ3) is 5.71. The number of hydrogen-bond acceptors (Lipinski definition) is 9. The number of rotatable bonds is 4. The molecule has 1 aliphatic heterocycles. The van der Waals surface area contributed by atoms with Crippen LogP contribution in [0.5, 0.6) is 0 Å². The highest BCUT2D eigenvalue weighted by atomic mass is 32.2. The molecule has 9 nitrogen and oxygen atoms in total. The lowest BCUT2D eigenvalue weighted by Gasteiger charge is -2.43. The molecule has 5 atom stereocenters. The van der Waals surface area contributed by atoms with E-state index in [1.54, 1.807) is 6.92 Å². The van der Waals surface area contributed by atoms with Crippen molar-refractivity contribution in [3.8, 4) is 0 Å². The number of esters is 3. The van der Waals surface area contributed by atoms with Crippen molar-refractivity contribution in [3.63, 3.8) is 0 Å². The quantitative estimate of drug-likeness (QED) is 0.314. The fourth-order valence-corrected chi connectivity index (χ4v) is 3.02. The molecule has 1 aliphatic rings. The van der Waals surface area contributed by atoms with E-state index < -0.39 is 47.8 Å². The predicted octanol–water partition coefficient (Wildman–Crippen LogP) is 0.153. The lowest BCUT2D eigenvalue weighted by molar-refractivity contribution is -0.228. The first-order valence-corrected chi connectivity index (χ1v) is 7.67. The smallest absolute Gasteiger partial charge is 0.303 e. The fourth-order valence-electron chi connectivity index (χ4n) is 2.19. The van der Waals surface area contributed by atoms with E-state index in [9.17, 15) is 14.4 Å². The van der Waals surface area contributed by atoms with Crippen molar-refractivity contribution in [1.29, 1.82) is 5.41 Å². The summed E-state index contributed by atoms with van der Waals surface area (Å²) >= 11 is 0.811. The summed E-state index contributed by atoms with van der Waals surface area (Å²) in [6.07, 6.45) is -3.76. The van der Waals surface area contributed by atoms with E-state index in [-0.39, 0.29) is 5.17 Å². The SMILES string of the molecule is CC(=O)OC1C(OC(C)=O)[C@H](SC(=N)N)OC(C)[C@@H]1OC(C)=O. The lowest BCUT2D eigenvalue weighted by atomic mass is 10.00. The van der Waals surface area contributed by atoms with Crippen molar-refractivity contribution in [2.24, 2.45) is 5.73 Å². The van der Waals surface area contributed by atoms with Crippen molar-refractivity contribution in [2.75, 3.05) is 0 Å². The van der Waals surface area contributed by atoms with Crippen LogP contribution in [0, 0.1) is 5.41 Å². The minimum atomic E-state index is -1.08. The van der Waals surface area contributed by atoms with Gasteiger partial charge in [0.25, 0.3) is 0 Å². The molecule has 1 saturated heterocycles. The van der Waals surface area contributed by atoms with E-state index in [2.05, 4.69) is 0 Å². The number of nitrogens with two attached hydrogens (primary N) is 1. The van der Waals surface area contributed by atoms with Crippen LogP contribution in [0.3, 0.4) is 0 Å². The first-order valence-electron chi connectivity index (χ1n) is 6.79. The summed E-state index contributed by atoms with van der Waals surface area (Å²) in [4.78, 5) is 34.0. The van der Waals surface area contributed by atoms with E-state index in [0.717, 1.165) is 11.8 Å². The van der Waals surface area contributed by atoms with Crippen LogP contribution in [-0.2, 0) is 33.3 Å². The molecule has 0 aliphatic carbocycles. The second-order valence-electron chi connectivity index (χ2n) is 4.91. The van der Waals surface area contributed by atoms with E-state index in [4.69, 9.17) is 30.1 Å². The fraction of sp³-hybridized carbons (Fsp3) is 0.692. The van der Waals surface area contributed by atoms with Gasteiger partial charge in [-0.25, -0.2) is 0 Å². The van der Waals surface area contributed by atoms with Gasteiger partial charge in [-0.15, -0.1) is 0 Å². The van der Waals surface area contributed by atoms with Crippen LogP contribution >= 0.6 is 11.8 Å². The topological polar surface area (TPSA) is 138 Å². The molecule has 1 heterocycles. The minimum Gasteiger partial charge on any atom is -0.456 e. The van der Waals surface area contributed by atoms with Crippen LogP contribution in [-0.4, -0.2) is 52.9 Å². The maximum Gasteiger partial charge on any atom is 0.303 e. The average Bonchev–Trinajstić information content (AvgIpc) is 2.36. The first-order chi connectivity index (χ1) is 10.6. The summed E-state index contributed by atoms with van der Waals surface area (Å²) in [6, 6.07) is 0. The van der Waals surface area contributed by atoms with E-state index in [0.29, 0.717) is 0 Å². The largest absolute Gasteiger partial charge is 0.456 e. The van der Waals surface area contributed by atoms with Gasteiger partial charge in [0.05, 0.1) is 6.10 Å². The standard InChI is InChI=1S/C13H20N2O7S/c1-5-9(20-6(2)16)10(21-7(3)17)11(22-8(4)18)12(19-5)23-13(14)15/h5,9-12H,1-4H3,(H3,14,15)/t5?,9-,10?,11?,12-/m0/s1. The van der Waals surface area contributed by atoms with Gasteiger partial charge in [0, 0.05) is 20.8 Å². The van der Waals surface area contributed by atoms with Crippen LogP contribution < -0.4 is 5.73 Å². The van der Waals surface area contributed by atoms with Gasteiger partial charge in [-0.2, -0.15) is 0 Å². The first kappa shape index (κ1) is 19.2. The van der Waals surface area contributed by atoms with Gasteiger partial charge in [-0.3, -0.25) is 19.8 Å². The molecule has 10 heteroatoms. The molecule has 1 fully saturated rings. The van der Waals surface area contributed by atoms with Crippen molar-refractivity contribution in [3.05, 3.63) is 0 Å². The second-order valence-corrected chi connectivity index (χ2v) is 6.05. The maximum atomic E-state index is 11.4. The Balaban J connectivity index is 3.15. The molecule has 0 bridgehead atoms. The zero-order valence-electron chi connectivity index (χ0n) is 13.2. The number of thioether (sulfide) groups is 1. The Hall–Kier alpha value is -1.81. The zero-order valence-corrected chi connectivity index (χ0v) is 14.0. The Morgan fingerprint density at radius 3 is 1.83 bits per heavy atom. The normalized spacial score (nSPS) is 30.2. The molecule has 3 unspecified atom stereocenters. The van der Waals surface area contributed by atoms with Gasteiger partial charge in [0.1, 0.15) is 0 Å². The highest BCUT2D eigenvalue weighted by Gasteiger charge is 2.50. The van der Waals surface area contributed by atoms with Gasteiger partial charge < -0.3 is 24.7 Å². The number of amidine groups is 1. The molecule has 3 N–H and O–H groups in total. The molecular weight excluding hydrogens is 328 g/mol. The minimum absolute atomic E-state index is 0.258. The summed E-state index contributed by atoms with van der Waals surface area (Å²) in [6.45, 7) is 5.18. The number of hydrogen-bond donors (Lipinski definition) is 2. The third-order valence-electron chi connectivity index (χ3n) is 2.88. The zero-order chi connectivity index (χ0) is 17.7. The summed E-state index contributed by atoms with van der Waals surface area (Å²) in [7, 11) is 0. The van der Waals surface area contributed by atoms with Gasteiger partial charge in [-0.1, -0.05) is 11.8 Å². The summed E-state index contributed by atoms with van der Waals surface area (Å²) in [5.74, 6) is -1.87. The Bertz CT molecular complexity index is 499. The molecule has 0 saturated carbocycles. The predicted molar refractivity (Wildman–Crippen MR) is 80.5 cm³/mol. The maximum absolute atomic E-state index is 11.4. The lowest BCUT2D eigenvalue weighted by Crippen LogP contribution is -2.60. The van der Waals surface area contributed by atoms with Gasteiger partial charge in [0.2, 0.25) is 0 Å². The van der Waals surface area contributed by atoms with Crippen molar-refractivity contribution >= 4 is 34.8 Å². The monoisotopic (exact) mass is 348 g/mol. The van der Waals surface area contributed by atoms with Gasteiger partial charge in [0.15, 0.2) is 28.9 Å². The van der Waals surface area contributed by atoms with Gasteiger partial charge >= 0.3 is 17.9 Å². The van der Waals surface area contributed by atoms with Crippen LogP contribution in [0.2, 0.25) is 0 Å². The molecule has 0 aromatic rings. The average molecular weight is 348 g/mol. The number of nitrogens with one attached hydrogen (secondary N) is 1. The Kier molecular flexibility index (Phi) is 6.82. The van der Waals surface area contributed by atoms with Crippen LogP contribution in [0.25, 0.3) is 0 Å². The van der Waals surface area contributed by atoms with E-state index in [1.807, 2.05) is 0 Å². The number of carbonyl (C=O) groups is 3. The number of ether oxygens (including phenoxy) is 4. The molecule has 0 amide bonds. The Morgan fingerprint density at radius 1 is 0.957 bits per heavy atom. The molecule has 0 spiro atoms. The van der Waals surface area contributed by atoms with Crippen LogP contribution in [0.1, 0.15) is 27.7 Å². The number of carbonyl (C=O) groups excluding carboxylic acids is 3. The molecule has 23 heavy (non-hydrogen) atoms. The van der Waals surface area contributed by atoms with Crippen LogP contribution in [0.4, 0.5) is 0 Å². The summed E-state index contributed by atoms with van der Waals surface area (Å²) in [5, 5.41) is 7.11. The summed E-state index contributed by atoms with van der Waals surface area (Å²) < 4.78 is 21.2. The Morgan fingerprint density at radius 2 is 1.39 bits per heavy atom. The molecule has 0 aromatic heterocycles. The van der Waals surface area contributed by atoms with Crippen molar-refractivity contribution in [2.45, 2.75) is 57.5 Å². The molecular formula is C13H20N2O7S. The van der Waals surface area contributed by atoms with E-state index in [1.165, 1.54) is 20.8 Å². The van der Waals surface area contributed by atoms with Crippen LogP contribution in [0.15, 0.2) is 0 Å². The third-order valence-corrected chi connectivity index (χ3v) is 3.74. The van der Waals surface area contributed by atoms with Crippen molar-refractivity contribution < 1.29 is 33.3 Å². The molecule has 130 valence electrons.